The molecule has 0 fully saturated rings. The molecular weight excluding hydrogens is 414 g/mol. The predicted molar refractivity (Wildman–Crippen MR) is 110 cm³/mol. The number of halogens is 3. The zero-order valence-corrected chi connectivity index (χ0v) is 17.6. The summed E-state index contributed by atoms with van der Waals surface area (Å²) in [7, 11) is 0. The maximum Gasteiger partial charge on any atom is 0.407 e. The van der Waals surface area contributed by atoms with Crippen molar-refractivity contribution in [3.63, 3.8) is 0 Å². The molecule has 1 aromatic carbocycles. The fourth-order valence-corrected chi connectivity index (χ4v) is 3.23. The Balaban J connectivity index is 2.05. The van der Waals surface area contributed by atoms with E-state index in [9.17, 15) is 13.6 Å². The number of aryl methyl sites for hydroxylation is 1. The van der Waals surface area contributed by atoms with E-state index in [1.54, 1.807) is 26.0 Å². The Bertz CT molecular complexity index is 1090. The van der Waals surface area contributed by atoms with Crippen molar-refractivity contribution in [1.82, 2.24) is 20.3 Å². The van der Waals surface area contributed by atoms with E-state index in [-0.39, 0.29) is 22.1 Å². The number of carbonyl (C=O) groups excluding carboxylic acids is 1. The van der Waals surface area contributed by atoms with Gasteiger partial charge >= 0.3 is 6.09 Å². The summed E-state index contributed by atoms with van der Waals surface area (Å²) in [6.45, 7) is 5.79. The Labute approximate surface area is 177 Å². The number of hydrogen-bond donors (Lipinski definition) is 1. The van der Waals surface area contributed by atoms with Crippen molar-refractivity contribution in [1.29, 1.82) is 0 Å². The fraction of sp³-hybridized carbons (Fsp3) is 0.333. The maximum absolute atomic E-state index is 14.9. The summed E-state index contributed by atoms with van der Waals surface area (Å²) >= 11 is 5.78. The molecule has 9 heteroatoms. The highest BCUT2D eigenvalue weighted by atomic mass is 35.5. The SMILES string of the molecule is CCCCOC(=O)NC(C)c1cc(C)nc2c(F)cc(-c3nc(Cl)ncc3F)cc12. The molecule has 0 radical (unpaired) electrons. The number of nitrogens with one attached hydrogen (secondary N) is 1. The molecule has 1 amide bonds. The van der Waals surface area contributed by atoms with Gasteiger partial charge < -0.3 is 10.1 Å². The van der Waals surface area contributed by atoms with Crippen LogP contribution in [0, 0.1) is 18.6 Å². The molecule has 0 aliphatic carbocycles. The number of unbranched alkanes of at least 4 members (excludes halogenated alkanes) is 1. The minimum atomic E-state index is -0.731. The van der Waals surface area contributed by atoms with Crippen molar-refractivity contribution in [3.05, 3.63) is 52.6 Å². The molecule has 1 atom stereocenters. The molecule has 0 aliphatic rings. The second-order valence-corrected chi connectivity index (χ2v) is 7.24. The van der Waals surface area contributed by atoms with Gasteiger partial charge in [0, 0.05) is 16.6 Å². The third-order valence-corrected chi connectivity index (χ3v) is 4.73. The van der Waals surface area contributed by atoms with Crippen LogP contribution in [0.3, 0.4) is 0 Å². The molecule has 0 spiro atoms. The molecule has 1 unspecified atom stereocenters. The summed E-state index contributed by atoms with van der Waals surface area (Å²) in [6, 6.07) is 3.96. The molecule has 6 nitrogen and oxygen atoms in total. The smallest absolute Gasteiger partial charge is 0.407 e. The predicted octanol–water partition coefficient (Wildman–Crippen LogP) is 5.52. The summed E-state index contributed by atoms with van der Waals surface area (Å²) in [5, 5.41) is 3.01. The van der Waals surface area contributed by atoms with Crippen molar-refractivity contribution in [3.8, 4) is 11.3 Å². The lowest BCUT2D eigenvalue weighted by atomic mass is 9.98. The zero-order valence-electron chi connectivity index (χ0n) is 16.8. The lowest BCUT2D eigenvalue weighted by Gasteiger charge is -2.18. The Morgan fingerprint density at radius 1 is 1.23 bits per heavy atom. The van der Waals surface area contributed by atoms with Gasteiger partial charge in [-0.05, 0) is 55.6 Å². The van der Waals surface area contributed by atoms with E-state index in [1.807, 2.05) is 6.92 Å². The zero-order chi connectivity index (χ0) is 21.8. The standard InChI is InChI=1S/C21H21ClF2N4O2/c1-4-5-6-30-21(29)27-12(3)14-7-11(2)26-19-15(14)8-13(9-16(19)23)18-17(24)10-25-20(22)28-18/h7-10,12H,4-6H2,1-3H3,(H,27,29). The number of amides is 1. The Morgan fingerprint density at radius 2 is 2.00 bits per heavy atom. The number of hydrogen-bond acceptors (Lipinski definition) is 5. The first-order valence-corrected chi connectivity index (χ1v) is 9.90. The molecule has 0 saturated carbocycles. The van der Waals surface area contributed by atoms with Gasteiger partial charge in [-0.2, -0.15) is 0 Å². The van der Waals surface area contributed by atoms with Gasteiger partial charge in [-0.15, -0.1) is 0 Å². The van der Waals surface area contributed by atoms with Crippen LogP contribution in [0.2, 0.25) is 5.28 Å². The molecule has 0 bridgehead atoms. The first-order valence-electron chi connectivity index (χ1n) is 9.52. The molecule has 30 heavy (non-hydrogen) atoms. The largest absolute Gasteiger partial charge is 0.450 e. The highest BCUT2D eigenvalue weighted by molar-refractivity contribution is 6.28. The molecule has 1 N–H and O–H groups in total. The minimum Gasteiger partial charge on any atom is -0.450 e. The van der Waals surface area contributed by atoms with Crippen LogP contribution in [0.1, 0.15) is 44.0 Å². The maximum atomic E-state index is 14.9. The quantitative estimate of drug-likeness (QED) is 0.408. The number of aromatic nitrogens is 3. The Morgan fingerprint density at radius 3 is 2.73 bits per heavy atom. The lowest BCUT2D eigenvalue weighted by Crippen LogP contribution is -2.28. The van der Waals surface area contributed by atoms with E-state index >= 15 is 0 Å². The minimum absolute atomic E-state index is 0.113. The molecule has 0 aliphatic heterocycles. The summed E-state index contributed by atoms with van der Waals surface area (Å²) in [5.74, 6) is -1.37. The monoisotopic (exact) mass is 434 g/mol. The molecule has 2 heterocycles. The molecule has 3 rings (SSSR count). The number of rotatable bonds is 6. The van der Waals surface area contributed by atoms with Gasteiger partial charge in [0.25, 0.3) is 0 Å². The third kappa shape index (κ3) is 4.81. The molecule has 0 saturated heterocycles. The van der Waals surface area contributed by atoms with Gasteiger partial charge in [0.05, 0.1) is 18.8 Å². The van der Waals surface area contributed by atoms with Crippen LogP contribution >= 0.6 is 11.6 Å². The number of alkyl carbamates (subject to hydrolysis) is 1. The van der Waals surface area contributed by atoms with Crippen LogP contribution < -0.4 is 5.32 Å². The van der Waals surface area contributed by atoms with Gasteiger partial charge in [-0.25, -0.2) is 23.5 Å². The number of nitrogens with zero attached hydrogens (tertiary/aromatic N) is 3. The van der Waals surface area contributed by atoms with E-state index < -0.39 is 23.8 Å². The molecular formula is C21H21ClF2N4O2. The summed E-state index contributed by atoms with van der Waals surface area (Å²) < 4.78 is 34.3. The first kappa shape index (κ1) is 21.8. The van der Waals surface area contributed by atoms with E-state index in [0.29, 0.717) is 23.3 Å². The number of fused-ring (bicyclic) bond motifs is 1. The third-order valence-electron chi connectivity index (χ3n) is 4.55. The average molecular weight is 435 g/mol. The molecule has 3 aromatic rings. The van der Waals surface area contributed by atoms with E-state index in [4.69, 9.17) is 16.3 Å². The van der Waals surface area contributed by atoms with E-state index in [1.165, 1.54) is 0 Å². The van der Waals surface area contributed by atoms with Crippen LogP contribution in [0.5, 0.6) is 0 Å². The number of pyridine rings is 1. The summed E-state index contributed by atoms with van der Waals surface area (Å²) in [5.41, 5.74) is 1.37. The van der Waals surface area contributed by atoms with Crippen molar-refractivity contribution in [2.75, 3.05) is 6.61 Å². The van der Waals surface area contributed by atoms with Crippen LogP contribution in [0.4, 0.5) is 13.6 Å². The highest BCUT2D eigenvalue weighted by Gasteiger charge is 2.19. The van der Waals surface area contributed by atoms with Crippen LogP contribution in [-0.4, -0.2) is 27.7 Å². The van der Waals surface area contributed by atoms with Crippen molar-refractivity contribution < 1.29 is 18.3 Å². The molecule has 158 valence electrons. The van der Waals surface area contributed by atoms with Gasteiger partial charge in [-0.1, -0.05) is 13.3 Å². The number of ether oxygens (including phenoxy) is 1. The van der Waals surface area contributed by atoms with E-state index in [0.717, 1.165) is 25.1 Å². The van der Waals surface area contributed by atoms with Crippen molar-refractivity contribution in [2.24, 2.45) is 0 Å². The van der Waals surface area contributed by atoms with Gasteiger partial charge in [0.1, 0.15) is 17.0 Å². The first-order chi connectivity index (χ1) is 14.3. The number of carbonyl (C=O) groups is 1. The number of benzene rings is 1. The fourth-order valence-electron chi connectivity index (χ4n) is 3.09. The van der Waals surface area contributed by atoms with E-state index in [2.05, 4.69) is 20.3 Å². The Kier molecular flexibility index (Phi) is 6.77. The van der Waals surface area contributed by atoms with Gasteiger partial charge in [0.2, 0.25) is 5.28 Å². The highest BCUT2D eigenvalue weighted by Crippen LogP contribution is 2.31. The van der Waals surface area contributed by atoms with Gasteiger partial charge in [0.15, 0.2) is 5.82 Å². The lowest BCUT2D eigenvalue weighted by molar-refractivity contribution is 0.141. The normalized spacial score (nSPS) is 12.1. The molecule has 2 aromatic heterocycles. The average Bonchev–Trinajstić information content (AvgIpc) is 2.69. The van der Waals surface area contributed by atoms with Crippen molar-refractivity contribution in [2.45, 2.75) is 39.7 Å². The Hall–Kier alpha value is -2.87. The second-order valence-electron chi connectivity index (χ2n) is 6.90. The summed E-state index contributed by atoms with van der Waals surface area (Å²) in [4.78, 5) is 23.8. The van der Waals surface area contributed by atoms with Crippen LogP contribution in [-0.2, 0) is 4.74 Å². The van der Waals surface area contributed by atoms with Crippen molar-refractivity contribution >= 4 is 28.6 Å². The van der Waals surface area contributed by atoms with Crippen LogP contribution in [0.25, 0.3) is 22.2 Å². The topological polar surface area (TPSA) is 77.0 Å². The second kappa shape index (κ2) is 9.30. The van der Waals surface area contributed by atoms with Crippen LogP contribution in [0.15, 0.2) is 24.4 Å². The summed E-state index contributed by atoms with van der Waals surface area (Å²) in [6.07, 6.45) is 2.03. The van der Waals surface area contributed by atoms with Gasteiger partial charge in [-0.3, -0.25) is 4.98 Å².